The van der Waals surface area contributed by atoms with Crippen molar-refractivity contribution in [1.29, 1.82) is 0 Å². The Bertz CT molecular complexity index is 516. The van der Waals surface area contributed by atoms with Crippen molar-refractivity contribution in [3.63, 3.8) is 0 Å². The molecular weight excluding hydrogens is 282 g/mol. The standard InChI is InChI=1S/C16H23N3O3/c1-12-3-5-13(6-4-12)19-9-7-14(16(19)21)18-15(20)11-17-8-10-22-2/h3-6,14,17H,7-11H2,1-2H3,(H,18,20). The van der Waals surface area contributed by atoms with Crippen LogP contribution in [0.1, 0.15) is 12.0 Å². The summed E-state index contributed by atoms with van der Waals surface area (Å²) in [7, 11) is 1.61. The molecule has 2 N–H and O–H groups in total. The smallest absolute Gasteiger partial charge is 0.249 e. The Labute approximate surface area is 130 Å². The summed E-state index contributed by atoms with van der Waals surface area (Å²) in [4.78, 5) is 25.9. The maximum absolute atomic E-state index is 12.4. The van der Waals surface area contributed by atoms with E-state index in [0.29, 0.717) is 26.1 Å². The molecule has 1 unspecified atom stereocenters. The Morgan fingerprint density at radius 3 is 2.77 bits per heavy atom. The second kappa shape index (κ2) is 7.91. The number of methoxy groups -OCH3 is 1. The minimum Gasteiger partial charge on any atom is -0.383 e. The number of amides is 2. The van der Waals surface area contributed by atoms with Crippen LogP contribution in [-0.4, -0.2) is 51.2 Å². The molecule has 6 nitrogen and oxygen atoms in total. The summed E-state index contributed by atoms with van der Waals surface area (Å²) in [6.07, 6.45) is 0.635. The fraction of sp³-hybridized carbons (Fsp3) is 0.500. The van der Waals surface area contributed by atoms with Crippen LogP contribution in [0.5, 0.6) is 0 Å². The Morgan fingerprint density at radius 2 is 2.09 bits per heavy atom. The Morgan fingerprint density at radius 1 is 1.36 bits per heavy atom. The minimum atomic E-state index is -0.432. The highest BCUT2D eigenvalue weighted by Gasteiger charge is 2.33. The third-order valence-electron chi connectivity index (χ3n) is 3.65. The molecule has 1 aromatic carbocycles. The van der Waals surface area contributed by atoms with Gasteiger partial charge in [-0.3, -0.25) is 9.59 Å². The van der Waals surface area contributed by atoms with E-state index in [0.717, 1.165) is 11.3 Å². The van der Waals surface area contributed by atoms with Crippen LogP contribution in [0, 0.1) is 6.92 Å². The van der Waals surface area contributed by atoms with E-state index < -0.39 is 6.04 Å². The lowest BCUT2D eigenvalue weighted by molar-refractivity contribution is -0.125. The minimum absolute atomic E-state index is 0.0471. The molecule has 1 fully saturated rings. The highest BCUT2D eigenvalue weighted by atomic mass is 16.5. The van der Waals surface area contributed by atoms with Crippen LogP contribution in [0.3, 0.4) is 0 Å². The van der Waals surface area contributed by atoms with E-state index in [1.54, 1.807) is 12.0 Å². The first-order valence-electron chi connectivity index (χ1n) is 7.49. The fourth-order valence-electron chi connectivity index (χ4n) is 2.42. The lowest BCUT2D eigenvalue weighted by Crippen LogP contribution is -2.45. The SMILES string of the molecule is COCCNCC(=O)NC1CCN(c2ccc(C)cc2)C1=O. The first kappa shape index (κ1) is 16.5. The molecule has 0 spiro atoms. The van der Waals surface area contributed by atoms with E-state index in [9.17, 15) is 9.59 Å². The van der Waals surface area contributed by atoms with E-state index in [2.05, 4.69) is 10.6 Å². The van der Waals surface area contributed by atoms with Crippen LogP contribution in [0.4, 0.5) is 5.69 Å². The first-order chi connectivity index (χ1) is 10.6. The van der Waals surface area contributed by atoms with Gasteiger partial charge in [-0.15, -0.1) is 0 Å². The van der Waals surface area contributed by atoms with E-state index in [1.165, 1.54) is 0 Å². The number of aryl methyl sites for hydroxylation is 1. The topological polar surface area (TPSA) is 70.7 Å². The number of nitrogens with zero attached hydrogens (tertiary/aromatic N) is 1. The third kappa shape index (κ3) is 4.29. The summed E-state index contributed by atoms with van der Waals surface area (Å²) in [5, 5.41) is 5.75. The van der Waals surface area contributed by atoms with Crippen LogP contribution in [-0.2, 0) is 14.3 Å². The number of carbonyl (C=O) groups is 2. The molecule has 2 rings (SSSR count). The predicted molar refractivity (Wildman–Crippen MR) is 84.8 cm³/mol. The van der Waals surface area contributed by atoms with Crippen LogP contribution in [0.25, 0.3) is 0 Å². The molecule has 1 saturated heterocycles. The molecule has 0 bridgehead atoms. The molecule has 1 aliphatic rings. The number of hydrogen-bond acceptors (Lipinski definition) is 4. The second-order valence-corrected chi connectivity index (χ2v) is 5.40. The van der Waals surface area contributed by atoms with Gasteiger partial charge >= 0.3 is 0 Å². The summed E-state index contributed by atoms with van der Waals surface area (Å²) in [6, 6.07) is 7.40. The van der Waals surface area contributed by atoms with Gasteiger partial charge in [0.1, 0.15) is 6.04 Å². The largest absolute Gasteiger partial charge is 0.383 e. The number of anilines is 1. The van der Waals surface area contributed by atoms with Crippen molar-refractivity contribution in [3.05, 3.63) is 29.8 Å². The lowest BCUT2D eigenvalue weighted by Gasteiger charge is -2.17. The molecule has 0 saturated carbocycles. The molecular formula is C16H23N3O3. The van der Waals surface area contributed by atoms with Crippen molar-refractivity contribution in [2.24, 2.45) is 0 Å². The Kier molecular flexibility index (Phi) is 5.91. The molecule has 6 heteroatoms. The first-order valence-corrected chi connectivity index (χ1v) is 7.49. The van der Waals surface area contributed by atoms with Gasteiger partial charge in [0.15, 0.2) is 0 Å². The molecule has 0 aromatic heterocycles. The number of ether oxygens (including phenoxy) is 1. The Balaban J connectivity index is 1.83. The van der Waals surface area contributed by atoms with Crippen LogP contribution < -0.4 is 15.5 Å². The second-order valence-electron chi connectivity index (χ2n) is 5.40. The molecule has 0 aliphatic carbocycles. The number of benzene rings is 1. The number of rotatable bonds is 7. The van der Waals surface area contributed by atoms with Gasteiger partial charge in [0, 0.05) is 25.9 Å². The predicted octanol–water partition coefficient (Wildman–Crippen LogP) is 0.453. The summed E-state index contributed by atoms with van der Waals surface area (Å²) < 4.78 is 4.89. The van der Waals surface area contributed by atoms with Crippen molar-refractivity contribution in [1.82, 2.24) is 10.6 Å². The molecule has 0 radical (unpaired) electrons. The van der Waals surface area contributed by atoms with Crippen LogP contribution in [0.2, 0.25) is 0 Å². The van der Waals surface area contributed by atoms with Crippen LogP contribution in [0.15, 0.2) is 24.3 Å². The highest BCUT2D eigenvalue weighted by Crippen LogP contribution is 2.21. The normalized spacial score (nSPS) is 17.8. The number of hydrogen-bond donors (Lipinski definition) is 2. The zero-order chi connectivity index (χ0) is 15.9. The number of carbonyl (C=O) groups excluding carboxylic acids is 2. The van der Waals surface area contributed by atoms with Gasteiger partial charge in [-0.25, -0.2) is 0 Å². The average molecular weight is 305 g/mol. The average Bonchev–Trinajstić information content (AvgIpc) is 2.86. The van der Waals surface area contributed by atoms with Crippen molar-refractivity contribution in [3.8, 4) is 0 Å². The van der Waals surface area contributed by atoms with Gasteiger partial charge < -0.3 is 20.3 Å². The molecule has 1 aliphatic heterocycles. The molecule has 1 aromatic rings. The third-order valence-corrected chi connectivity index (χ3v) is 3.65. The fourth-order valence-corrected chi connectivity index (χ4v) is 2.42. The van der Waals surface area contributed by atoms with Crippen LogP contribution >= 0.6 is 0 Å². The van der Waals surface area contributed by atoms with E-state index in [-0.39, 0.29) is 18.4 Å². The monoisotopic (exact) mass is 305 g/mol. The summed E-state index contributed by atoms with van der Waals surface area (Å²) in [5.41, 5.74) is 2.04. The highest BCUT2D eigenvalue weighted by molar-refractivity contribution is 6.01. The van der Waals surface area contributed by atoms with Crippen molar-refractivity contribution in [2.45, 2.75) is 19.4 Å². The van der Waals surface area contributed by atoms with E-state index in [4.69, 9.17) is 4.74 Å². The summed E-state index contributed by atoms with van der Waals surface area (Å²) >= 11 is 0. The van der Waals surface area contributed by atoms with Gasteiger partial charge in [-0.2, -0.15) is 0 Å². The zero-order valence-corrected chi connectivity index (χ0v) is 13.1. The quantitative estimate of drug-likeness (QED) is 0.718. The van der Waals surface area contributed by atoms with Crippen molar-refractivity contribution >= 4 is 17.5 Å². The molecule has 120 valence electrons. The maximum atomic E-state index is 12.4. The molecule has 1 atom stereocenters. The molecule has 2 amide bonds. The molecule has 22 heavy (non-hydrogen) atoms. The van der Waals surface area contributed by atoms with E-state index >= 15 is 0 Å². The lowest BCUT2D eigenvalue weighted by atomic mass is 10.2. The summed E-state index contributed by atoms with van der Waals surface area (Å²) in [5.74, 6) is -0.214. The summed E-state index contributed by atoms with van der Waals surface area (Å²) in [6.45, 7) is 3.99. The van der Waals surface area contributed by atoms with Gasteiger partial charge in [0.25, 0.3) is 0 Å². The zero-order valence-electron chi connectivity index (χ0n) is 13.1. The van der Waals surface area contributed by atoms with Crippen molar-refractivity contribution in [2.75, 3.05) is 38.3 Å². The van der Waals surface area contributed by atoms with Gasteiger partial charge in [-0.05, 0) is 25.5 Å². The number of nitrogens with one attached hydrogen (secondary N) is 2. The van der Waals surface area contributed by atoms with Gasteiger partial charge in [0.2, 0.25) is 11.8 Å². The Hall–Kier alpha value is -1.92. The van der Waals surface area contributed by atoms with Gasteiger partial charge in [0.05, 0.1) is 13.2 Å². The van der Waals surface area contributed by atoms with E-state index in [1.807, 2.05) is 31.2 Å². The van der Waals surface area contributed by atoms with Crippen molar-refractivity contribution < 1.29 is 14.3 Å². The maximum Gasteiger partial charge on any atom is 0.249 e. The van der Waals surface area contributed by atoms with Gasteiger partial charge in [-0.1, -0.05) is 17.7 Å². The molecule has 1 heterocycles.